The lowest BCUT2D eigenvalue weighted by atomic mass is 10.2. The lowest BCUT2D eigenvalue weighted by Gasteiger charge is -2.17. The number of benzene rings is 1. The van der Waals surface area contributed by atoms with Crippen LogP contribution in [0.1, 0.15) is 5.56 Å². The van der Waals surface area contributed by atoms with Gasteiger partial charge in [-0.05, 0) is 12.1 Å². The summed E-state index contributed by atoms with van der Waals surface area (Å²) in [5.74, 6) is 5.74. The largest absolute Gasteiger partial charge is 0.394 e. The number of hydrogen-bond donors (Lipinski definition) is 3. The van der Waals surface area contributed by atoms with Gasteiger partial charge in [-0.3, -0.25) is 10.4 Å². The van der Waals surface area contributed by atoms with E-state index in [9.17, 15) is 0 Å². The molecule has 0 atom stereocenters. The lowest BCUT2D eigenvalue weighted by molar-refractivity contribution is 0.251. The molecule has 1 aromatic carbocycles. The van der Waals surface area contributed by atoms with Crippen LogP contribution in [0.2, 0.25) is 0 Å². The van der Waals surface area contributed by atoms with Crippen LogP contribution in [0.4, 0.5) is 0 Å². The second-order valence-electron chi connectivity index (χ2n) is 2.77. The number of hydrogen-bond acceptors (Lipinski definition) is 3. The monoisotopic (exact) mass is 257 g/mol. The van der Waals surface area contributed by atoms with E-state index in [1.807, 2.05) is 12.1 Å². The third kappa shape index (κ3) is 2.80. The van der Waals surface area contributed by atoms with Gasteiger partial charge in [0.05, 0.1) is 13.2 Å². The highest BCUT2D eigenvalue weighted by Crippen LogP contribution is 2.11. The molecule has 0 bridgehead atoms. The topological polar surface area (TPSA) is 73.3 Å². The van der Waals surface area contributed by atoms with E-state index >= 15 is 0 Å². The summed E-state index contributed by atoms with van der Waals surface area (Å²) in [7, 11) is 0. The Bertz CT molecular complexity index is 312. The van der Waals surface area contributed by atoms with E-state index in [1.54, 1.807) is 12.1 Å². The Kier molecular flexibility index (Phi) is 4.06. The summed E-state index contributed by atoms with van der Waals surface area (Å²) in [4.78, 5) is 0. The number of nitrogens with two attached hydrogens (primary N) is 1. The molecule has 1 rings (SSSR count). The van der Waals surface area contributed by atoms with E-state index < -0.39 is 0 Å². The molecular formula is C9H12BrN3O. The highest BCUT2D eigenvalue weighted by atomic mass is 79.9. The standard InChI is InChI=1S/C9H12BrN3O/c10-8-3-1-7(2-4-8)9(11)13(12)5-6-14/h1-4,11,14H,5-6,12H2. The van der Waals surface area contributed by atoms with Crippen molar-refractivity contribution in [2.45, 2.75) is 0 Å². The molecule has 0 aliphatic rings. The van der Waals surface area contributed by atoms with Crippen LogP contribution in [0, 0.1) is 5.41 Å². The first-order valence-electron chi connectivity index (χ1n) is 4.12. The summed E-state index contributed by atoms with van der Waals surface area (Å²) >= 11 is 3.31. The number of nitrogens with zero attached hydrogens (tertiary/aromatic N) is 1. The fraction of sp³-hybridized carbons (Fsp3) is 0.222. The maximum Gasteiger partial charge on any atom is 0.142 e. The van der Waals surface area contributed by atoms with Crippen LogP contribution < -0.4 is 5.84 Å². The van der Waals surface area contributed by atoms with E-state index in [1.165, 1.54) is 5.01 Å². The summed E-state index contributed by atoms with van der Waals surface area (Å²) in [6.07, 6.45) is 0. The molecule has 4 N–H and O–H groups in total. The van der Waals surface area contributed by atoms with Gasteiger partial charge in [0.25, 0.3) is 0 Å². The number of aliphatic hydroxyl groups excluding tert-OH is 1. The molecule has 0 saturated heterocycles. The van der Waals surface area contributed by atoms with Gasteiger partial charge in [-0.1, -0.05) is 28.1 Å². The zero-order chi connectivity index (χ0) is 10.6. The van der Waals surface area contributed by atoms with Crippen molar-refractivity contribution in [2.75, 3.05) is 13.2 Å². The van der Waals surface area contributed by atoms with Crippen LogP contribution in [-0.2, 0) is 0 Å². The van der Waals surface area contributed by atoms with Crippen LogP contribution in [0.3, 0.4) is 0 Å². The predicted molar refractivity (Wildman–Crippen MR) is 58.9 cm³/mol. The van der Waals surface area contributed by atoms with Gasteiger partial charge >= 0.3 is 0 Å². The van der Waals surface area contributed by atoms with Crippen molar-refractivity contribution in [1.82, 2.24) is 5.01 Å². The molecule has 0 spiro atoms. The highest BCUT2D eigenvalue weighted by Gasteiger charge is 2.06. The van der Waals surface area contributed by atoms with Gasteiger partial charge in [0, 0.05) is 10.0 Å². The molecule has 0 saturated carbocycles. The summed E-state index contributed by atoms with van der Waals surface area (Å²) in [5.41, 5.74) is 0.726. The summed E-state index contributed by atoms with van der Waals surface area (Å²) in [6.45, 7) is 0.199. The molecule has 14 heavy (non-hydrogen) atoms. The lowest BCUT2D eigenvalue weighted by Crippen LogP contribution is -2.39. The van der Waals surface area contributed by atoms with E-state index in [0.717, 1.165) is 10.0 Å². The van der Waals surface area contributed by atoms with Crippen molar-refractivity contribution in [2.24, 2.45) is 5.84 Å². The third-order valence-corrected chi connectivity index (χ3v) is 2.27. The van der Waals surface area contributed by atoms with Crippen molar-refractivity contribution < 1.29 is 5.11 Å². The number of amidine groups is 1. The normalized spacial score (nSPS) is 9.93. The average Bonchev–Trinajstić information content (AvgIpc) is 2.18. The maximum absolute atomic E-state index is 8.65. The SMILES string of the molecule is N=C(c1ccc(Br)cc1)N(N)CCO. The molecule has 0 unspecified atom stereocenters. The van der Waals surface area contributed by atoms with E-state index in [0.29, 0.717) is 0 Å². The van der Waals surface area contributed by atoms with Gasteiger partial charge in [0.15, 0.2) is 0 Å². The molecule has 0 aliphatic heterocycles. The molecule has 0 heterocycles. The third-order valence-electron chi connectivity index (χ3n) is 1.75. The Hall–Kier alpha value is -0.910. The number of hydrazine groups is 1. The number of rotatable bonds is 3. The first-order valence-corrected chi connectivity index (χ1v) is 4.92. The van der Waals surface area contributed by atoms with Gasteiger partial charge in [0.2, 0.25) is 0 Å². The number of halogens is 1. The van der Waals surface area contributed by atoms with Crippen molar-refractivity contribution >= 4 is 21.8 Å². The quantitative estimate of drug-likeness (QED) is 0.327. The molecule has 0 aromatic heterocycles. The first kappa shape index (κ1) is 11.2. The molecule has 1 aromatic rings. The predicted octanol–water partition coefficient (Wildman–Crippen LogP) is 0.942. The first-order chi connectivity index (χ1) is 6.65. The van der Waals surface area contributed by atoms with Crippen LogP contribution >= 0.6 is 15.9 Å². The Morgan fingerprint density at radius 1 is 1.43 bits per heavy atom. The summed E-state index contributed by atoms with van der Waals surface area (Å²) in [5, 5.41) is 17.5. The molecule has 0 amide bonds. The van der Waals surface area contributed by atoms with E-state index in [-0.39, 0.29) is 19.0 Å². The molecule has 76 valence electrons. The van der Waals surface area contributed by atoms with Gasteiger partial charge in [-0.25, -0.2) is 5.84 Å². The van der Waals surface area contributed by atoms with Crippen molar-refractivity contribution in [3.63, 3.8) is 0 Å². The summed E-state index contributed by atoms with van der Waals surface area (Å²) < 4.78 is 0.958. The summed E-state index contributed by atoms with van der Waals surface area (Å²) in [6, 6.07) is 7.28. The van der Waals surface area contributed by atoms with Crippen LogP contribution in [-0.4, -0.2) is 29.1 Å². The molecular weight excluding hydrogens is 246 g/mol. The van der Waals surface area contributed by atoms with Gasteiger partial charge in [-0.2, -0.15) is 0 Å². The van der Waals surface area contributed by atoms with Crippen LogP contribution in [0.5, 0.6) is 0 Å². The van der Waals surface area contributed by atoms with Crippen molar-refractivity contribution in [1.29, 1.82) is 5.41 Å². The zero-order valence-electron chi connectivity index (χ0n) is 7.57. The Morgan fingerprint density at radius 3 is 2.50 bits per heavy atom. The number of aliphatic hydroxyl groups is 1. The minimum absolute atomic E-state index is 0.0601. The molecule has 0 radical (unpaired) electrons. The Morgan fingerprint density at radius 2 is 2.00 bits per heavy atom. The smallest absolute Gasteiger partial charge is 0.142 e. The number of nitrogens with one attached hydrogen (secondary N) is 1. The Labute approximate surface area is 90.9 Å². The van der Waals surface area contributed by atoms with Gasteiger partial charge < -0.3 is 5.11 Å². The Balaban J connectivity index is 2.74. The van der Waals surface area contributed by atoms with Gasteiger partial charge in [0.1, 0.15) is 5.84 Å². The van der Waals surface area contributed by atoms with Crippen LogP contribution in [0.15, 0.2) is 28.7 Å². The molecule has 0 fully saturated rings. The fourth-order valence-corrected chi connectivity index (χ4v) is 1.26. The molecule has 5 heteroatoms. The highest BCUT2D eigenvalue weighted by molar-refractivity contribution is 9.10. The van der Waals surface area contributed by atoms with Crippen molar-refractivity contribution in [3.05, 3.63) is 34.3 Å². The minimum atomic E-state index is -0.0601. The molecule has 4 nitrogen and oxygen atoms in total. The van der Waals surface area contributed by atoms with E-state index in [2.05, 4.69) is 15.9 Å². The second kappa shape index (κ2) is 5.09. The zero-order valence-corrected chi connectivity index (χ0v) is 9.16. The maximum atomic E-state index is 8.65. The fourth-order valence-electron chi connectivity index (χ4n) is 0.993. The minimum Gasteiger partial charge on any atom is -0.394 e. The van der Waals surface area contributed by atoms with Gasteiger partial charge in [-0.15, -0.1) is 0 Å². The average molecular weight is 258 g/mol. The molecule has 0 aliphatic carbocycles. The second-order valence-corrected chi connectivity index (χ2v) is 3.69. The van der Waals surface area contributed by atoms with Crippen LogP contribution in [0.25, 0.3) is 0 Å². The van der Waals surface area contributed by atoms with E-state index in [4.69, 9.17) is 16.4 Å². The van der Waals surface area contributed by atoms with Crippen molar-refractivity contribution in [3.8, 4) is 0 Å².